The number of benzene rings is 1. The average Bonchev–Trinajstić information content (AvgIpc) is 2.28. The van der Waals surface area contributed by atoms with Crippen molar-refractivity contribution in [3.05, 3.63) is 29.3 Å². The number of nitrogens with one attached hydrogen (secondary N) is 2. The Hall–Kier alpha value is -1.40. The lowest BCUT2D eigenvalue weighted by atomic mass is 10.0. The Bertz CT molecular complexity index is 567. The van der Waals surface area contributed by atoms with E-state index in [9.17, 15) is 13.2 Å². The van der Waals surface area contributed by atoms with E-state index in [-0.39, 0.29) is 18.1 Å². The highest BCUT2D eigenvalue weighted by molar-refractivity contribution is 7.91. The minimum atomic E-state index is -3.11. The maximum absolute atomic E-state index is 11.8. The molecular weight excluding hydrogens is 252 g/mol. The molecule has 0 spiro atoms. The Kier molecular flexibility index (Phi) is 3.68. The molecule has 1 amide bonds. The van der Waals surface area contributed by atoms with Crippen LogP contribution in [0.4, 0.5) is 0 Å². The molecule has 1 aromatic rings. The van der Waals surface area contributed by atoms with Crippen LogP contribution in [-0.4, -0.2) is 27.1 Å². The summed E-state index contributed by atoms with van der Waals surface area (Å²) >= 11 is 0. The zero-order valence-electron chi connectivity index (χ0n) is 10.2. The first-order valence-corrected chi connectivity index (χ1v) is 7.48. The van der Waals surface area contributed by atoms with Crippen molar-refractivity contribution in [3.8, 4) is 0 Å². The highest BCUT2D eigenvalue weighted by Gasteiger charge is 2.23. The SMILES string of the molecule is CNNC(=O)Cc1ccc2c(c1)CCCS2(=O)=O. The van der Waals surface area contributed by atoms with Crippen molar-refractivity contribution in [2.24, 2.45) is 0 Å². The number of fused-ring (bicyclic) bond motifs is 1. The first-order valence-electron chi connectivity index (χ1n) is 5.83. The van der Waals surface area contributed by atoms with E-state index in [4.69, 9.17) is 0 Å². The number of hydrogen-bond acceptors (Lipinski definition) is 4. The number of aryl methyl sites for hydroxylation is 1. The van der Waals surface area contributed by atoms with Crippen LogP contribution in [0.1, 0.15) is 17.5 Å². The average molecular weight is 268 g/mol. The molecule has 1 heterocycles. The van der Waals surface area contributed by atoms with Crippen LogP contribution in [0.5, 0.6) is 0 Å². The van der Waals surface area contributed by atoms with Gasteiger partial charge in [0.05, 0.1) is 17.1 Å². The zero-order valence-corrected chi connectivity index (χ0v) is 11.0. The fourth-order valence-electron chi connectivity index (χ4n) is 2.17. The summed E-state index contributed by atoms with van der Waals surface area (Å²) in [6, 6.07) is 5.14. The largest absolute Gasteiger partial charge is 0.292 e. The van der Waals surface area contributed by atoms with E-state index in [2.05, 4.69) is 10.9 Å². The lowest BCUT2D eigenvalue weighted by Crippen LogP contribution is -2.35. The maximum Gasteiger partial charge on any atom is 0.238 e. The zero-order chi connectivity index (χ0) is 13.2. The number of carbonyl (C=O) groups excluding carboxylic acids is 1. The number of carbonyl (C=O) groups is 1. The second kappa shape index (κ2) is 5.07. The first-order chi connectivity index (χ1) is 8.53. The summed E-state index contributed by atoms with van der Waals surface area (Å²) in [7, 11) is -1.49. The molecule has 2 N–H and O–H groups in total. The van der Waals surface area contributed by atoms with Crippen LogP contribution < -0.4 is 10.9 Å². The van der Waals surface area contributed by atoms with Crippen molar-refractivity contribution in [3.63, 3.8) is 0 Å². The molecular formula is C12H16N2O3S. The molecule has 0 saturated heterocycles. The Balaban J connectivity index is 2.25. The summed E-state index contributed by atoms with van der Waals surface area (Å²) in [5.41, 5.74) is 6.71. The minimum absolute atomic E-state index is 0.142. The van der Waals surface area contributed by atoms with Crippen molar-refractivity contribution < 1.29 is 13.2 Å². The lowest BCUT2D eigenvalue weighted by Gasteiger charge is -2.17. The Morgan fingerprint density at radius 1 is 1.39 bits per heavy atom. The van der Waals surface area contributed by atoms with Crippen LogP contribution >= 0.6 is 0 Å². The predicted molar refractivity (Wildman–Crippen MR) is 67.7 cm³/mol. The number of amides is 1. The second-order valence-electron chi connectivity index (χ2n) is 4.34. The Morgan fingerprint density at radius 2 is 2.17 bits per heavy atom. The standard InChI is InChI=1S/C12H16N2O3S/c1-13-14-12(15)8-9-4-5-11-10(7-9)3-2-6-18(11,16)17/h4-5,7,13H,2-3,6,8H2,1H3,(H,14,15). The summed E-state index contributed by atoms with van der Waals surface area (Å²) in [4.78, 5) is 11.8. The van der Waals surface area contributed by atoms with Gasteiger partial charge in [-0.15, -0.1) is 0 Å². The molecule has 2 rings (SSSR count). The summed E-state index contributed by atoms with van der Waals surface area (Å²) in [5.74, 6) is 0.0793. The van der Waals surface area contributed by atoms with Gasteiger partial charge >= 0.3 is 0 Å². The molecule has 0 saturated carbocycles. The fraction of sp³-hybridized carbons (Fsp3) is 0.417. The van der Waals surface area contributed by atoms with Gasteiger partial charge in [0, 0.05) is 7.05 Å². The highest BCUT2D eigenvalue weighted by atomic mass is 32.2. The van der Waals surface area contributed by atoms with E-state index in [0.29, 0.717) is 11.3 Å². The van der Waals surface area contributed by atoms with Crippen molar-refractivity contribution in [1.82, 2.24) is 10.9 Å². The van der Waals surface area contributed by atoms with E-state index < -0.39 is 9.84 Å². The molecule has 0 bridgehead atoms. The number of rotatable bonds is 3. The quantitative estimate of drug-likeness (QED) is 0.768. The molecule has 1 aliphatic heterocycles. The number of hydrogen-bond donors (Lipinski definition) is 2. The van der Waals surface area contributed by atoms with Crippen molar-refractivity contribution in [2.75, 3.05) is 12.8 Å². The van der Waals surface area contributed by atoms with Crippen LogP contribution in [0.25, 0.3) is 0 Å². The normalized spacial score (nSPS) is 16.9. The molecule has 0 aromatic heterocycles. The molecule has 0 unspecified atom stereocenters. The van der Waals surface area contributed by atoms with Gasteiger partial charge in [-0.05, 0) is 30.0 Å². The van der Waals surface area contributed by atoms with E-state index in [1.54, 1.807) is 19.2 Å². The summed E-state index contributed by atoms with van der Waals surface area (Å²) in [5, 5.41) is 0. The van der Waals surface area contributed by atoms with Gasteiger partial charge in [0.2, 0.25) is 5.91 Å². The first kappa shape index (κ1) is 13.0. The summed E-state index contributed by atoms with van der Waals surface area (Å²) in [6.07, 6.45) is 1.66. The van der Waals surface area contributed by atoms with Gasteiger partial charge < -0.3 is 0 Å². The third kappa shape index (κ3) is 2.70. The molecule has 0 fully saturated rings. The molecule has 0 radical (unpaired) electrons. The fourth-order valence-corrected chi connectivity index (χ4v) is 3.75. The third-order valence-electron chi connectivity index (χ3n) is 2.95. The van der Waals surface area contributed by atoms with E-state index in [1.807, 2.05) is 6.07 Å². The third-order valence-corrected chi connectivity index (χ3v) is 4.84. The van der Waals surface area contributed by atoms with Gasteiger partial charge in [0.25, 0.3) is 0 Å². The van der Waals surface area contributed by atoms with E-state index in [0.717, 1.165) is 17.5 Å². The van der Waals surface area contributed by atoms with E-state index >= 15 is 0 Å². The molecule has 0 atom stereocenters. The van der Waals surface area contributed by atoms with E-state index in [1.165, 1.54) is 0 Å². The van der Waals surface area contributed by atoms with Gasteiger partial charge in [-0.1, -0.05) is 12.1 Å². The molecule has 5 nitrogen and oxygen atoms in total. The van der Waals surface area contributed by atoms with Crippen LogP contribution in [-0.2, 0) is 27.5 Å². The molecule has 6 heteroatoms. The van der Waals surface area contributed by atoms with Crippen LogP contribution in [0.2, 0.25) is 0 Å². The second-order valence-corrected chi connectivity index (χ2v) is 6.42. The van der Waals surface area contributed by atoms with Crippen molar-refractivity contribution >= 4 is 15.7 Å². The van der Waals surface area contributed by atoms with Crippen LogP contribution in [0, 0.1) is 0 Å². The van der Waals surface area contributed by atoms with Crippen molar-refractivity contribution in [2.45, 2.75) is 24.2 Å². The molecule has 98 valence electrons. The maximum atomic E-state index is 11.8. The number of hydrazine groups is 1. The molecule has 1 aliphatic rings. The van der Waals surface area contributed by atoms with Gasteiger partial charge in [-0.25, -0.2) is 13.8 Å². The van der Waals surface area contributed by atoms with Crippen LogP contribution in [0.15, 0.2) is 23.1 Å². The van der Waals surface area contributed by atoms with Gasteiger partial charge in [-0.3, -0.25) is 10.2 Å². The smallest absolute Gasteiger partial charge is 0.238 e. The highest BCUT2D eigenvalue weighted by Crippen LogP contribution is 2.25. The monoisotopic (exact) mass is 268 g/mol. The van der Waals surface area contributed by atoms with Gasteiger partial charge in [-0.2, -0.15) is 0 Å². The van der Waals surface area contributed by atoms with Crippen LogP contribution in [0.3, 0.4) is 0 Å². The molecule has 1 aromatic carbocycles. The summed E-state index contributed by atoms with van der Waals surface area (Å²) < 4.78 is 23.6. The molecule has 18 heavy (non-hydrogen) atoms. The van der Waals surface area contributed by atoms with Gasteiger partial charge in [0.1, 0.15) is 0 Å². The van der Waals surface area contributed by atoms with Crippen molar-refractivity contribution in [1.29, 1.82) is 0 Å². The Morgan fingerprint density at radius 3 is 2.89 bits per heavy atom. The minimum Gasteiger partial charge on any atom is -0.292 e. The van der Waals surface area contributed by atoms with Gasteiger partial charge in [0.15, 0.2) is 9.84 Å². The summed E-state index contributed by atoms with van der Waals surface area (Å²) in [6.45, 7) is 0. The molecule has 0 aliphatic carbocycles. The predicted octanol–water partition coefficient (Wildman–Crippen LogP) is 0.200. The lowest BCUT2D eigenvalue weighted by molar-refractivity contribution is -0.121. The Labute approximate surface area is 106 Å². The number of sulfone groups is 1. The topological polar surface area (TPSA) is 75.3 Å².